The number of hydrogen-bond donors (Lipinski definition) is 4. The van der Waals surface area contributed by atoms with Gasteiger partial charge in [0.25, 0.3) is 0 Å². The molecule has 14 nitrogen and oxygen atoms in total. The zero-order chi connectivity index (χ0) is 43.3. The van der Waals surface area contributed by atoms with Crippen molar-refractivity contribution in [1.82, 2.24) is 40.4 Å². The largest absolute Gasteiger partial charge is 0.453 e. The molecule has 2 aliphatic heterocycles. The molecule has 4 fully saturated rings. The van der Waals surface area contributed by atoms with Crippen LogP contribution in [0.2, 0.25) is 0 Å². The third-order valence-electron chi connectivity index (χ3n) is 13.8. The summed E-state index contributed by atoms with van der Waals surface area (Å²) in [7, 11) is 2.64. The second-order valence-electron chi connectivity index (χ2n) is 18.4. The Morgan fingerprint density at radius 3 is 2.13 bits per heavy atom. The molecule has 2 saturated carbocycles. The summed E-state index contributed by atoms with van der Waals surface area (Å²) in [5, 5.41) is 7.70. The Bertz CT molecular complexity index is 2490. The number of benzene rings is 3. The van der Waals surface area contributed by atoms with E-state index in [0.29, 0.717) is 18.9 Å². The molecule has 9 rings (SSSR count). The van der Waals surface area contributed by atoms with Crippen LogP contribution >= 0.6 is 0 Å². The van der Waals surface area contributed by atoms with E-state index >= 15 is 0 Å². The highest BCUT2D eigenvalue weighted by Crippen LogP contribution is 2.58. The minimum absolute atomic E-state index is 0.0215. The number of piperidine rings is 1. The molecule has 5 aromatic rings. The van der Waals surface area contributed by atoms with E-state index in [4.69, 9.17) is 14.7 Å². The molecule has 14 heteroatoms. The van der Waals surface area contributed by atoms with Crippen LogP contribution in [0.5, 0.6) is 0 Å². The lowest BCUT2D eigenvalue weighted by molar-refractivity contribution is -0.139. The summed E-state index contributed by atoms with van der Waals surface area (Å²) in [5.41, 5.74) is 6.24. The van der Waals surface area contributed by atoms with Crippen LogP contribution in [0.3, 0.4) is 0 Å². The average molecular weight is 841 g/mol. The number of likely N-dealkylation sites (tertiary alicyclic amines) is 2. The van der Waals surface area contributed by atoms with Gasteiger partial charge in [-0.15, -0.1) is 0 Å². The van der Waals surface area contributed by atoms with Gasteiger partial charge in [0.2, 0.25) is 11.8 Å². The van der Waals surface area contributed by atoms with Gasteiger partial charge >= 0.3 is 12.2 Å². The molecular weight excluding hydrogens is 785 g/mol. The molecule has 2 saturated heterocycles. The van der Waals surface area contributed by atoms with E-state index in [9.17, 15) is 19.2 Å². The molecule has 1 spiro atoms. The van der Waals surface area contributed by atoms with E-state index < -0.39 is 18.2 Å². The minimum Gasteiger partial charge on any atom is -0.453 e. The van der Waals surface area contributed by atoms with Gasteiger partial charge in [0.05, 0.1) is 50.1 Å². The first-order chi connectivity index (χ1) is 29.9. The number of alkyl carbamates (subject to hydrolysis) is 2. The second kappa shape index (κ2) is 16.6. The van der Waals surface area contributed by atoms with Crippen molar-refractivity contribution < 1.29 is 28.7 Å². The molecule has 6 atom stereocenters. The molecular formula is C48H56N8O6. The van der Waals surface area contributed by atoms with Crippen molar-refractivity contribution in [1.29, 1.82) is 0 Å². The van der Waals surface area contributed by atoms with E-state index in [0.717, 1.165) is 101 Å². The van der Waals surface area contributed by atoms with Crippen molar-refractivity contribution in [3.8, 4) is 33.6 Å². The number of rotatable bonds is 12. The predicted octanol–water partition coefficient (Wildman–Crippen LogP) is 8.16. The van der Waals surface area contributed by atoms with E-state index in [1.54, 1.807) is 0 Å². The fourth-order valence-electron chi connectivity index (χ4n) is 10.2. The topological polar surface area (TPSA) is 175 Å². The zero-order valence-corrected chi connectivity index (χ0v) is 36.1. The number of carbonyl (C=O) groups excluding carboxylic acids is 4. The predicted molar refractivity (Wildman–Crippen MR) is 234 cm³/mol. The van der Waals surface area contributed by atoms with Crippen LogP contribution in [0.4, 0.5) is 9.59 Å². The lowest BCUT2D eigenvalue weighted by atomic mass is 9.95. The number of nitrogens with zero attached hydrogens (tertiary/aromatic N) is 4. The lowest BCUT2D eigenvalue weighted by Crippen LogP contribution is -2.54. The van der Waals surface area contributed by atoms with E-state index in [2.05, 4.69) is 86.0 Å². The summed E-state index contributed by atoms with van der Waals surface area (Å²) in [4.78, 5) is 71.9. The molecule has 4 amide bonds. The van der Waals surface area contributed by atoms with E-state index in [-0.39, 0.29) is 47.2 Å². The van der Waals surface area contributed by atoms with Crippen molar-refractivity contribution >= 4 is 34.8 Å². The first kappa shape index (κ1) is 41.2. The number of nitrogens with one attached hydrogen (secondary N) is 4. The number of aromatic amines is 2. The highest BCUT2D eigenvalue weighted by Gasteiger charge is 2.54. The highest BCUT2D eigenvalue weighted by molar-refractivity contribution is 5.91. The normalized spacial score (nSPS) is 22.0. The van der Waals surface area contributed by atoms with Crippen LogP contribution in [0, 0.1) is 23.2 Å². The first-order valence-electron chi connectivity index (χ1n) is 22.0. The summed E-state index contributed by atoms with van der Waals surface area (Å²) in [5.74, 6) is 1.79. The third-order valence-corrected chi connectivity index (χ3v) is 13.8. The van der Waals surface area contributed by atoms with Crippen LogP contribution < -0.4 is 10.6 Å². The number of imidazole rings is 2. The van der Waals surface area contributed by atoms with Gasteiger partial charge in [-0.3, -0.25) is 9.59 Å². The van der Waals surface area contributed by atoms with E-state index in [1.165, 1.54) is 14.2 Å². The zero-order valence-electron chi connectivity index (χ0n) is 36.1. The van der Waals surface area contributed by atoms with Gasteiger partial charge in [-0.25, -0.2) is 19.6 Å². The maximum atomic E-state index is 14.0. The van der Waals surface area contributed by atoms with Gasteiger partial charge in [0, 0.05) is 31.1 Å². The Kier molecular flexibility index (Phi) is 11.0. The Morgan fingerprint density at radius 1 is 0.806 bits per heavy atom. The van der Waals surface area contributed by atoms with Crippen molar-refractivity contribution in [2.45, 2.75) is 89.9 Å². The van der Waals surface area contributed by atoms with Gasteiger partial charge in [-0.05, 0) is 101 Å². The minimum atomic E-state index is -0.679. The summed E-state index contributed by atoms with van der Waals surface area (Å²) >= 11 is 0. The van der Waals surface area contributed by atoms with Gasteiger partial charge in [0.15, 0.2) is 0 Å². The van der Waals surface area contributed by atoms with Gasteiger partial charge < -0.3 is 39.9 Å². The Labute approximate surface area is 361 Å². The molecule has 4 heterocycles. The summed E-state index contributed by atoms with van der Waals surface area (Å²) < 4.78 is 9.51. The number of carbonyl (C=O) groups is 4. The van der Waals surface area contributed by atoms with Crippen molar-refractivity contribution in [3.63, 3.8) is 0 Å². The average Bonchev–Trinajstić information content (AvgIpc) is 3.92. The third kappa shape index (κ3) is 8.02. The molecule has 2 bridgehead atoms. The number of fused-ring (bicyclic) bond motifs is 3. The SMILES string of the molecule is COC(=O)NCC(C)CC(=O)N1CC2(CC2)CC1c1ncc(-c2ccc3cc(-c4ccc(-c5cnc(C6C7CCC(C7)N6C(=O)C(NC(=O)OC)C(C)C)[nH]5)cc4)ccc3c2)[nH]1. The van der Waals surface area contributed by atoms with E-state index in [1.807, 2.05) is 43.0 Å². The quantitative estimate of drug-likeness (QED) is 0.0974. The molecule has 324 valence electrons. The standard InChI is InChI=1S/C48H56N8O6/c1-27(2)41(54-47(60)62-5)45(58)56-36-15-14-35(21-36)42(56)44-50-24-37(53-44)30-8-6-29(7-9-30)31-10-11-33-20-34(13-12-32(33)19-31)38-25-49-43(52-38)39-22-48(16-17-48)26-55(39)40(57)18-28(3)23-51-46(59)61-4/h6-13,19-20,24-25,27-28,35-36,39,41-42H,14-18,21-23,26H2,1-5H3,(H,49,52)(H,50,53)(H,51,59)(H,54,60). The molecule has 3 aromatic carbocycles. The smallest absolute Gasteiger partial charge is 0.407 e. The Balaban J connectivity index is 0.872. The lowest BCUT2D eigenvalue weighted by Gasteiger charge is -2.37. The molecule has 4 aliphatic rings. The van der Waals surface area contributed by atoms with Crippen LogP contribution in [0.15, 0.2) is 73.1 Å². The molecule has 2 aliphatic carbocycles. The van der Waals surface area contributed by atoms with Crippen molar-refractivity contribution in [3.05, 3.63) is 84.7 Å². The van der Waals surface area contributed by atoms with Gasteiger partial charge in [0.1, 0.15) is 17.7 Å². The number of amides is 4. The number of methoxy groups -OCH3 is 2. The molecule has 0 radical (unpaired) electrons. The fraction of sp³-hybridized carbons (Fsp3) is 0.458. The Hall–Kier alpha value is -6.18. The molecule has 2 aromatic heterocycles. The number of hydrogen-bond acceptors (Lipinski definition) is 8. The van der Waals surface area contributed by atoms with Crippen LogP contribution in [-0.4, -0.2) is 93.1 Å². The maximum absolute atomic E-state index is 14.0. The summed E-state index contributed by atoms with van der Waals surface area (Å²) in [6.45, 7) is 6.95. The summed E-state index contributed by atoms with van der Waals surface area (Å²) in [6, 6.07) is 20.6. The van der Waals surface area contributed by atoms with Crippen LogP contribution in [0.1, 0.15) is 89.4 Å². The maximum Gasteiger partial charge on any atom is 0.407 e. The van der Waals surface area contributed by atoms with Crippen molar-refractivity contribution in [2.24, 2.45) is 23.2 Å². The summed E-state index contributed by atoms with van der Waals surface area (Å²) in [6.07, 6.45) is 9.08. The number of aromatic nitrogens is 4. The molecule has 4 N–H and O–H groups in total. The van der Waals surface area contributed by atoms with Crippen LogP contribution in [0.25, 0.3) is 44.4 Å². The molecule has 6 unspecified atom stereocenters. The van der Waals surface area contributed by atoms with Crippen LogP contribution in [-0.2, 0) is 19.1 Å². The van der Waals surface area contributed by atoms with Gasteiger partial charge in [-0.2, -0.15) is 0 Å². The van der Waals surface area contributed by atoms with Crippen molar-refractivity contribution in [2.75, 3.05) is 27.3 Å². The van der Waals surface area contributed by atoms with Gasteiger partial charge in [-0.1, -0.05) is 69.3 Å². The molecule has 62 heavy (non-hydrogen) atoms. The second-order valence-corrected chi connectivity index (χ2v) is 18.4. The fourth-order valence-corrected chi connectivity index (χ4v) is 10.2. The first-order valence-corrected chi connectivity index (χ1v) is 22.0. The number of H-pyrrole nitrogens is 2. The monoisotopic (exact) mass is 840 g/mol. The Morgan fingerprint density at radius 2 is 1.44 bits per heavy atom. The highest BCUT2D eigenvalue weighted by atomic mass is 16.5. The number of ether oxygens (including phenoxy) is 2.